The van der Waals surface area contributed by atoms with Gasteiger partial charge in [0.05, 0.1) is 11.9 Å². The highest BCUT2D eigenvalue weighted by molar-refractivity contribution is 5.90. The number of rotatable bonds is 5. The Kier molecular flexibility index (Phi) is 5.05. The molecule has 0 radical (unpaired) electrons. The van der Waals surface area contributed by atoms with Crippen LogP contribution in [-0.2, 0) is 4.79 Å². The molecule has 1 atom stereocenters. The van der Waals surface area contributed by atoms with Gasteiger partial charge in [-0.1, -0.05) is 6.42 Å². The number of likely N-dealkylation sites (tertiary alicyclic amines) is 2. The van der Waals surface area contributed by atoms with Crippen molar-refractivity contribution in [2.45, 2.75) is 44.7 Å². The van der Waals surface area contributed by atoms with Gasteiger partial charge in [0.15, 0.2) is 0 Å². The van der Waals surface area contributed by atoms with Crippen LogP contribution in [0.25, 0.3) is 0 Å². The minimum absolute atomic E-state index is 0.0720. The average molecular weight is 302 g/mol. The molecule has 0 spiro atoms. The van der Waals surface area contributed by atoms with Crippen LogP contribution in [0.15, 0.2) is 24.5 Å². The maximum atomic E-state index is 11.9. The fraction of sp³-hybridized carbons (Fsp3) is 0.647. The summed E-state index contributed by atoms with van der Waals surface area (Å²) in [6.07, 6.45) is 7.99. The van der Waals surface area contributed by atoms with E-state index in [1.165, 1.54) is 25.8 Å². The maximum Gasteiger partial charge on any atom is 0.225 e. The summed E-state index contributed by atoms with van der Waals surface area (Å²) in [6.45, 7) is 6.68. The molecule has 1 amide bonds. The van der Waals surface area contributed by atoms with E-state index in [0.29, 0.717) is 12.5 Å². The van der Waals surface area contributed by atoms with Crippen molar-refractivity contribution >= 4 is 11.6 Å². The minimum Gasteiger partial charge on any atom is -0.325 e. The number of hydrogen-bond donors (Lipinski definition) is 1. The van der Waals surface area contributed by atoms with Crippen molar-refractivity contribution in [1.29, 1.82) is 0 Å². The average Bonchev–Trinajstić information content (AvgIpc) is 2.48. The van der Waals surface area contributed by atoms with Gasteiger partial charge in [-0.15, -0.1) is 0 Å². The van der Waals surface area contributed by atoms with Gasteiger partial charge in [-0.25, -0.2) is 0 Å². The lowest BCUT2D eigenvalue weighted by Gasteiger charge is -2.49. The lowest BCUT2D eigenvalue weighted by Crippen LogP contribution is -2.62. The molecule has 2 fully saturated rings. The number of nitrogens with zero attached hydrogens (tertiary/aromatic N) is 3. The van der Waals surface area contributed by atoms with Crippen LogP contribution >= 0.6 is 0 Å². The van der Waals surface area contributed by atoms with Crippen LogP contribution in [0, 0.1) is 0 Å². The van der Waals surface area contributed by atoms with Crippen molar-refractivity contribution in [3.05, 3.63) is 24.5 Å². The summed E-state index contributed by atoms with van der Waals surface area (Å²) in [4.78, 5) is 21.0. The normalized spacial score (nSPS) is 24.0. The van der Waals surface area contributed by atoms with Crippen molar-refractivity contribution in [1.82, 2.24) is 14.8 Å². The van der Waals surface area contributed by atoms with Gasteiger partial charge >= 0.3 is 0 Å². The van der Waals surface area contributed by atoms with Crippen LogP contribution in [-0.4, -0.2) is 59.0 Å². The fourth-order valence-electron chi connectivity index (χ4n) is 3.52. The molecule has 2 aliphatic heterocycles. The molecule has 5 heteroatoms. The van der Waals surface area contributed by atoms with Gasteiger partial charge in [0.1, 0.15) is 0 Å². The van der Waals surface area contributed by atoms with Crippen LogP contribution in [0.4, 0.5) is 5.69 Å². The maximum absolute atomic E-state index is 11.9. The van der Waals surface area contributed by atoms with E-state index in [0.717, 1.165) is 31.4 Å². The van der Waals surface area contributed by atoms with E-state index >= 15 is 0 Å². The zero-order valence-corrected chi connectivity index (χ0v) is 13.4. The summed E-state index contributed by atoms with van der Waals surface area (Å²) in [5.74, 6) is 0.0720. The molecule has 0 unspecified atom stereocenters. The molecule has 0 saturated carbocycles. The van der Waals surface area contributed by atoms with E-state index in [2.05, 4.69) is 27.0 Å². The molecule has 1 aromatic rings. The van der Waals surface area contributed by atoms with Crippen molar-refractivity contribution in [2.75, 3.05) is 31.5 Å². The lowest BCUT2D eigenvalue weighted by atomic mass is 9.97. The Morgan fingerprint density at radius 3 is 3.00 bits per heavy atom. The Hall–Kier alpha value is -1.46. The molecule has 0 aliphatic carbocycles. The number of piperidine rings is 1. The fourth-order valence-corrected chi connectivity index (χ4v) is 3.52. The number of carbonyl (C=O) groups excluding carboxylic acids is 1. The van der Waals surface area contributed by atoms with E-state index in [1.807, 2.05) is 12.1 Å². The van der Waals surface area contributed by atoms with Gasteiger partial charge in [-0.05, 0) is 38.4 Å². The Labute approximate surface area is 132 Å². The molecule has 120 valence electrons. The number of carbonyl (C=O) groups is 1. The van der Waals surface area contributed by atoms with Crippen molar-refractivity contribution in [3.63, 3.8) is 0 Å². The zero-order chi connectivity index (χ0) is 15.4. The molecule has 22 heavy (non-hydrogen) atoms. The second kappa shape index (κ2) is 7.20. The first kappa shape index (κ1) is 15.4. The van der Waals surface area contributed by atoms with Crippen molar-refractivity contribution < 1.29 is 4.79 Å². The van der Waals surface area contributed by atoms with Crippen molar-refractivity contribution in [3.8, 4) is 0 Å². The Balaban J connectivity index is 1.35. The first-order chi connectivity index (χ1) is 10.7. The summed E-state index contributed by atoms with van der Waals surface area (Å²) >= 11 is 0. The Morgan fingerprint density at radius 2 is 2.27 bits per heavy atom. The first-order valence-electron chi connectivity index (χ1n) is 8.40. The predicted octanol–water partition coefficient (Wildman–Crippen LogP) is 1.97. The smallest absolute Gasteiger partial charge is 0.225 e. The first-order valence-corrected chi connectivity index (χ1v) is 8.40. The van der Waals surface area contributed by atoms with Gasteiger partial charge in [0.25, 0.3) is 0 Å². The van der Waals surface area contributed by atoms with Gasteiger partial charge < -0.3 is 5.32 Å². The molecular weight excluding hydrogens is 276 g/mol. The molecule has 5 nitrogen and oxygen atoms in total. The number of pyridine rings is 1. The SMILES string of the molecule is C[C@@H]1CCCCN1C1CN(CCC(=O)Nc2cccnc2)C1. The van der Waals surface area contributed by atoms with Gasteiger partial charge in [-0.2, -0.15) is 0 Å². The number of aromatic nitrogens is 1. The quantitative estimate of drug-likeness (QED) is 0.903. The van der Waals surface area contributed by atoms with Crippen LogP contribution in [0.2, 0.25) is 0 Å². The van der Waals surface area contributed by atoms with E-state index in [4.69, 9.17) is 0 Å². The summed E-state index contributed by atoms with van der Waals surface area (Å²) in [5.41, 5.74) is 0.774. The van der Waals surface area contributed by atoms with Crippen LogP contribution in [0.1, 0.15) is 32.6 Å². The van der Waals surface area contributed by atoms with Crippen LogP contribution in [0.5, 0.6) is 0 Å². The number of hydrogen-bond acceptors (Lipinski definition) is 4. The highest BCUT2D eigenvalue weighted by Gasteiger charge is 2.34. The third kappa shape index (κ3) is 3.84. The second-order valence-corrected chi connectivity index (χ2v) is 6.54. The number of amides is 1. The summed E-state index contributed by atoms with van der Waals surface area (Å²) < 4.78 is 0. The van der Waals surface area contributed by atoms with Gasteiger partial charge in [0.2, 0.25) is 5.91 Å². The molecule has 3 rings (SSSR count). The van der Waals surface area contributed by atoms with Crippen LogP contribution < -0.4 is 5.32 Å². The molecule has 2 aliphatic rings. The van der Waals surface area contributed by atoms with Gasteiger partial charge in [-0.3, -0.25) is 19.6 Å². The molecule has 1 aromatic heterocycles. The topological polar surface area (TPSA) is 48.5 Å². The molecule has 1 N–H and O–H groups in total. The minimum atomic E-state index is 0.0720. The number of nitrogens with one attached hydrogen (secondary N) is 1. The van der Waals surface area contributed by atoms with E-state index in [-0.39, 0.29) is 5.91 Å². The standard InChI is InChI=1S/C17H26N4O/c1-14-5-2-3-9-21(14)16-12-20(13-16)10-7-17(22)19-15-6-4-8-18-11-15/h4,6,8,11,14,16H,2-3,5,7,9-10,12-13H2,1H3,(H,19,22)/t14-/m1/s1. The second-order valence-electron chi connectivity index (χ2n) is 6.54. The Bertz CT molecular complexity index is 487. The van der Waals surface area contributed by atoms with E-state index in [9.17, 15) is 4.79 Å². The summed E-state index contributed by atoms with van der Waals surface area (Å²) in [7, 11) is 0. The van der Waals surface area contributed by atoms with E-state index < -0.39 is 0 Å². The predicted molar refractivity (Wildman–Crippen MR) is 87.7 cm³/mol. The van der Waals surface area contributed by atoms with Crippen molar-refractivity contribution in [2.24, 2.45) is 0 Å². The zero-order valence-electron chi connectivity index (χ0n) is 13.4. The molecule has 0 aromatic carbocycles. The highest BCUT2D eigenvalue weighted by Crippen LogP contribution is 2.24. The van der Waals surface area contributed by atoms with Crippen LogP contribution in [0.3, 0.4) is 0 Å². The number of anilines is 1. The summed E-state index contributed by atoms with van der Waals surface area (Å²) in [5, 5.41) is 2.89. The third-order valence-electron chi connectivity index (χ3n) is 4.86. The molecule has 2 saturated heterocycles. The third-order valence-corrected chi connectivity index (χ3v) is 4.86. The monoisotopic (exact) mass is 302 g/mol. The molecule has 0 bridgehead atoms. The van der Waals surface area contributed by atoms with Gasteiger partial charge in [0, 0.05) is 44.3 Å². The lowest BCUT2D eigenvalue weighted by molar-refractivity contribution is -0.117. The largest absolute Gasteiger partial charge is 0.325 e. The molecular formula is C17H26N4O. The highest BCUT2D eigenvalue weighted by atomic mass is 16.1. The van der Waals surface area contributed by atoms with E-state index in [1.54, 1.807) is 12.4 Å². The molecule has 3 heterocycles. The summed E-state index contributed by atoms with van der Waals surface area (Å²) in [6, 6.07) is 5.13. The Morgan fingerprint density at radius 1 is 1.41 bits per heavy atom.